The summed E-state index contributed by atoms with van der Waals surface area (Å²) in [7, 11) is 0. The zero-order chi connectivity index (χ0) is 13.8. The van der Waals surface area contributed by atoms with Gasteiger partial charge in [0, 0.05) is 5.75 Å². The van der Waals surface area contributed by atoms with Crippen molar-refractivity contribution < 1.29 is 4.39 Å². The lowest BCUT2D eigenvalue weighted by molar-refractivity contribution is 0.528. The Labute approximate surface area is 118 Å². The second-order valence-corrected chi connectivity index (χ2v) is 6.45. The number of thioether (sulfide) groups is 1. The van der Waals surface area contributed by atoms with Gasteiger partial charge < -0.3 is 5.32 Å². The number of rotatable bonds is 4. The van der Waals surface area contributed by atoms with Crippen molar-refractivity contribution in [2.75, 3.05) is 5.75 Å². The SMILES string of the molecule is CC(C)CC1CSC(NC(C)c2ccc(F)cc2)=N1. The van der Waals surface area contributed by atoms with Crippen molar-refractivity contribution in [1.29, 1.82) is 0 Å². The van der Waals surface area contributed by atoms with Gasteiger partial charge in [0.15, 0.2) is 5.17 Å². The van der Waals surface area contributed by atoms with Gasteiger partial charge in [0.05, 0.1) is 12.1 Å². The molecule has 0 amide bonds. The fourth-order valence-electron chi connectivity index (χ4n) is 2.18. The Balaban J connectivity index is 1.92. The van der Waals surface area contributed by atoms with Gasteiger partial charge in [0.1, 0.15) is 5.82 Å². The molecule has 2 rings (SSSR count). The van der Waals surface area contributed by atoms with E-state index in [1.54, 1.807) is 11.8 Å². The Bertz CT molecular complexity index is 442. The molecule has 0 saturated heterocycles. The van der Waals surface area contributed by atoms with Gasteiger partial charge in [-0.2, -0.15) is 0 Å². The highest BCUT2D eigenvalue weighted by Gasteiger charge is 2.20. The van der Waals surface area contributed by atoms with Gasteiger partial charge in [-0.3, -0.25) is 4.99 Å². The van der Waals surface area contributed by atoms with Crippen LogP contribution < -0.4 is 5.32 Å². The van der Waals surface area contributed by atoms with Crippen molar-refractivity contribution in [3.8, 4) is 0 Å². The molecule has 2 nitrogen and oxygen atoms in total. The molecule has 1 aromatic rings. The van der Waals surface area contributed by atoms with Crippen LogP contribution in [0, 0.1) is 11.7 Å². The molecule has 1 aliphatic heterocycles. The molecule has 4 heteroatoms. The molecule has 1 aliphatic rings. The summed E-state index contributed by atoms with van der Waals surface area (Å²) in [6, 6.07) is 7.23. The summed E-state index contributed by atoms with van der Waals surface area (Å²) in [5.74, 6) is 1.56. The minimum absolute atomic E-state index is 0.157. The average Bonchev–Trinajstić information content (AvgIpc) is 2.76. The Morgan fingerprint density at radius 2 is 2.00 bits per heavy atom. The summed E-state index contributed by atoms with van der Waals surface area (Å²) >= 11 is 1.78. The first-order valence-corrected chi connectivity index (χ1v) is 7.75. The van der Waals surface area contributed by atoms with Crippen molar-refractivity contribution >= 4 is 16.9 Å². The molecule has 2 atom stereocenters. The maximum absolute atomic E-state index is 12.9. The smallest absolute Gasteiger partial charge is 0.157 e. The lowest BCUT2D eigenvalue weighted by Crippen LogP contribution is -2.23. The van der Waals surface area contributed by atoms with E-state index in [-0.39, 0.29) is 11.9 Å². The van der Waals surface area contributed by atoms with Gasteiger partial charge in [-0.15, -0.1) is 0 Å². The van der Waals surface area contributed by atoms with E-state index in [1.807, 2.05) is 12.1 Å². The Morgan fingerprint density at radius 1 is 1.32 bits per heavy atom. The van der Waals surface area contributed by atoms with E-state index in [0.29, 0.717) is 12.0 Å². The number of hydrogen-bond donors (Lipinski definition) is 1. The van der Waals surface area contributed by atoms with E-state index in [9.17, 15) is 4.39 Å². The molecular formula is C15H21FN2S. The number of hydrogen-bond acceptors (Lipinski definition) is 3. The molecule has 0 saturated carbocycles. The maximum atomic E-state index is 12.9. The van der Waals surface area contributed by atoms with Crippen molar-refractivity contribution in [1.82, 2.24) is 5.32 Å². The topological polar surface area (TPSA) is 24.4 Å². The summed E-state index contributed by atoms with van der Waals surface area (Å²) in [5, 5.41) is 4.42. The molecule has 104 valence electrons. The van der Waals surface area contributed by atoms with Crippen molar-refractivity contribution in [2.45, 2.75) is 39.3 Å². The highest BCUT2D eigenvalue weighted by molar-refractivity contribution is 8.14. The number of halogens is 1. The molecule has 1 heterocycles. The van der Waals surface area contributed by atoms with Gasteiger partial charge in [-0.1, -0.05) is 37.7 Å². The normalized spacial score (nSPS) is 20.5. The van der Waals surface area contributed by atoms with Gasteiger partial charge >= 0.3 is 0 Å². The lowest BCUT2D eigenvalue weighted by Gasteiger charge is -2.14. The quantitative estimate of drug-likeness (QED) is 0.901. The molecule has 0 aromatic heterocycles. The van der Waals surface area contributed by atoms with Crippen LogP contribution in [-0.4, -0.2) is 17.0 Å². The first-order valence-electron chi connectivity index (χ1n) is 6.77. The van der Waals surface area contributed by atoms with Gasteiger partial charge in [-0.25, -0.2) is 4.39 Å². The first-order chi connectivity index (χ1) is 9.04. The summed E-state index contributed by atoms with van der Waals surface area (Å²) < 4.78 is 12.9. The molecular weight excluding hydrogens is 259 g/mol. The third-order valence-corrected chi connectivity index (χ3v) is 4.21. The molecule has 2 unspecified atom stereocenters. The highest BCUT2D eigenvalue weighted by Crippen LogP contribution is 2.24. The van der Waals surface area contributed by atoms with Crippen LogP contribution in [0.5, 0.6) is 0 Å². The van der Waals surface area contributed by atoms with E-state index in [4.69, 9.17) is 4.99 Å². The second kappa shape index (κ2) is 6.42. The van der Waals surface area contributed by atoms with Crippen LogP contribution in [0.1, 0.15) is 38.8 Å². The predicted octanol–water partition coefficient (Wildman–Crippen LogP) is 3.99. The number of nitrogens with one attached hydrogen (secondary N) is 1. The van der Waals surface area contributed by atoms with Crippen molar-refractivity contribution in [3.05, 3.63) is 35.6 Å². The van der Waals surface area contributed by atoms with Crippen LogP contribution in [0.15, 0.2) is 29.3 Å². The number of nitrogens with zero attached hydrogens (tertiary/aromatic N) is 1. The number of benzene rings is 1. The average molecular weight is 280 g/mol. The molecule has 1 N–H and O–H groups in total. The molecule has 1 aromatic carbocycles. The molecule has 0 aliphatic carbocycles. The van der Waals surface area contributed by atoms with Crippen LogP contribution >= 0.6 is 11.8 Å². The summed E-state index contributed by atoms with van der Waals surface area (Å²) in [5.41, 5.74) is 1.08. The Kier molecular flexibility index (Phi) is 4.86. The summed E-state index contributed by atoms with van der Waals surface area (Å²) in [6.07, 6.45) is 1.14. The first kappa shape index (κ1) is 14.4. The van der Waals surface area contributed by atoms with Crippen LogP contribution in [0.4, 0.5) is 4.39 Å². The van der Waals surface area contributed by atoms with E-state index >= 15 is 0 Å². The molecule has 0 bridgehead atoms. The van der Waals surface area contributed by atoms with E-state index in [0.717, 1.165) is 22.9 Å². The van der Waals surface area contributed by atoms with E-state index < -0.39 is 0 Å². The largest absolute Gasteiger partial charge is 0.358 e. The van der Waals surface area contributed by atoms with Crippen molar-refractivity contribution in [2.24, 2.45) is 10.9 Å². The number of amidine groups is 1. The molecule has 0 radical (unpaired) electrons. The summed E-state index contributed by atoms with van der Waals surface area (Å²) in [6.45, 7) is 6.53. The van der Waals surface area contributed by atoms with E-state index in [1.165, 1.54) is 12.1 Å². The summed E-state index contributed by atoms with van der Waals surface area (Å²) in [4.78, 5) is 4.71. The fourth-order valence-corrected chi connectivity index (χ4v) is 3.22. The minimum atomic E-state index is -0.194. The lowest BCUT2D eigenvalue weighted by atomic mass is 10.1. The monoisotopic (exact) mass is 280 g/mol. The molecule has 0 fully saturated rings. The zero-order valence-electron chi connectivity index (χ0n) is 11.7. The predicted molar refractivity (Wildman–Crippen MR) is 81.1 cm³/mol. The van der Waals surface area contributed by atoms with E-state index in [2.05, 4.69) is 26.1 Å². The van der Waals surface area contributed by atoms with Crippen molar-refractivity contribution in [3.63, 3.8) is 0 Å². The van der Waals surface area contributed by atoms with Crippen LogP contribution in [0.2, 0.25) is 0 Å². The molecule has 0 spiro atoms. The third kappa shape index (κ3) is 4.23. The zero-order valence-corrected chi connectivity index (χ0v) is 12.5. The van der Waals surface area contributed by atoms with Gasteiger partial charge in [-0.05, 0) is 37.0 Å². The Morgan fingerprint density at radius 3 is 2.63 bits per heavy atom. The highest BCUT2D eigenvalue weighted by atomic mass is 32.2. The van der Waals surface area contributed by atoms with Gasteiger partial charge in [0.2, 0.25) is 0 Å². The standard InChI is InChI=1S/C15H21FN2S/c1-10(2)8-14-9-19-15(18-14)17-11(3)12-4-6-13(16)7-5-12/h4-7,10-11,14H,8-9H2,1-3H3,(H,17,18). The second-order valence-electron chi connectivity index (χ2n) is 5.45. The maximum Gasteiger partial charge on any atom is 0.157 e. The third-order valence-electron chi connectivity index (χ3n) is 3.17. The number of aliphatic imine (C=N–C) groups is 1. The molecule has 19 heavy (non-hydrogen) atoms. The van der Waals surface area contributed by atoms with Crippen LogP contribution in [0.25, 0.3) is 0 Å². The van der Waals surface area contributed by atoms with Crippen LogP contribution in [0.3, 0.4) is 0 Å². The Hall–Kier alpha value is -1.03. The van der Waals surface area contributed by atoms with Crippen LogP contribution in [-0.2, 0) is 0 Å². The van der Waals surface area contributed by atoms with Gasteiger partial charge in [0.25, 0.3) is 0 Å². The fraction of sp³-hybridized carbons (Fsp3) is 0.533. The minimum Gasteiger partial charge on any atom is -0.358 e.